The molecule has 0 unspecified atom stereocenters. The van der Waals surface area contributed by atoms with E-state index in [1.54, 1.807) is 6.07 Å². The van der Waals surface area contributed by atoms with Gasteiger partial charge in [-0.25, -0.2) is 0 Å². The SMILES string of the molecule is Cc1ccc(C(=O)N(C2CCC2)[C@H]2CCNC2)c(Cl)c1Cl. The molecule has 1 saturated heterocycles. The minimum absolute atomic E-state index is 0.0281. The summed E-state index contributed by atoms with van der Waals surface area (Å²) >= 11 is 12.5. The van der Waals surface area contributed by atoms with Crippen LogP contribution >= 0.6 is 23.2 Å². The summed E-state index contributed by atoms with van der Waals surface area (Å²) in [4.78, 5) is 15.1. The Hall–Kier alpha value is -0.770. The van der Waals surface area contributed by atoms with E-state index >= 15 is 0 Å². The predicted molar refractivity (Wildman–Crippen MR) is 86.3 cm³/mol. The maximum absolute atomic E-state index is 13.0. The van der Waals surface area contributed by atoms with Crippen molar-refractivity contribution in [2.24, 2.45) is 0 Å². The van der Waals surface area contributed by atoms with Gasteiger partial charge in [0.2, 0.25) is 0 Å². The summed E-state index contributed by atoms with van der Waals surface area (Å²) in [5.41, 5.74) is 1.43. The summed E-state index contributed by atoms with van der Waals surface area (Å²) < 4.78 is 0. The van der Waals surface area contributed by atoms with Crippen LogP contribution in [0.3, 0.4) is 0 Å². The van der Waals surface area contributed by atoms with Gasteiger partial charge in [0.15, 0.2) is 0 Å². The number of carbonyl (C=O) groups excluding carboxylic acids is 1. The maximum atomic E-state index is 13.0. The predicted octanol–water partition coefficient (Wildman–Crippen LogP) is 3.66. The molecule has 0 spiro atoms. The molecule has 1 aromatic carbocycles. The molecule has 114 valence electrons. The molecular formula is C16H20Cl2N2O. The Kier molecular flexibility index (Phi) is 4.43. The molecule has 1 aliphatic heterocycles. The summed E-state index contributed by atoms with van der Waals surface area (Å²) in [7, 11) is 0. The van der Waals surface area contributed by atoms with Gasteiger partial charge < -0.3 is 10.2 Å². The molecule has 2 fully saturated rings. The van der Waals surface area contributed by atoms with Gasteiger partial charge in [-0.05, 0) is 50.8 Å². The van der Waals surface area contributed by atoms with E-state index in [0.29, 0.717) is 21.7 Å². The molecule has 1 amide bonds. The Balaban J connectivity index is 1.91. The standard InChI is InChI=1S/C16H20Cl2N2O/c1-10-5-6-13(15(18)14(10)17)16(21)20(11-3-2-4-11)12-7-8-19-9-12/h5-6,11-12,19H,2-4,7-9H2,1H3/t12-/m0/s1. The first-order chi connectivity index (χ1) is 10.1. The van der Waals surface area contributed by atoms with Gasteiger partial charge in [0, 0.05) is 18.6 Å². The maximum Gasteiger partial charge on any atom is 0.255 e. The molecule has 1 atom stereocenters. The lowest BCUT2D eigenvalue weighted by molar-refractivity contribution is 0.0465. The minimum atomic E-state index is 0.0281. The molecule has 1 N–H and O–H groups in total. The van der Waals surface area contributed by atoms with Crippen LogP contribution in [0.1, 0.15) is 41.6 Å². The molecule has 3 rings (SSSR count). The average molecular weight is 327 g/mol. The number of benzene rings is 1. The topological polar surface area (TPSA) is 32.3 Å². The lowest BCUT2D eigenvalue weighted by Crippen LogP contribution is -2.51. The van der Waals surface area contributed by atoms with Crippen molar-refractivity contribution in [1.82, 2.24) is 10.2 Å². The van der Waals surface area contributed by atoms with Gasteiger partial charge in [0.1, 0.15) is 0 Å². The number of rotatable bonds is 3. The fraction of sp³-hybridized carbons (Fsp3) is 0.562. The second kappa shape index (κ2) is 6.15. The van der Waals surface area contributed by atoms with Gasteiger partial charge >= 0.3 is 0 Å². The van der Waals surface area contributed by atoms with Crippen molar-refractivity contribution in [3.8, 4) is 0 Å². The third kappa shape index (κ3) is 2.79. The number of nitrogens with one attached hydrogen (secondary N) is 1. The lowest BCUT2D eigenvalue weighted by Gasteiger charge is -2.41. The van der Waals surface area contributed by atoms with Crippen molar-refractivity contribution < 1.29 is 4.79 Å². The van der Waals surface area contributed by atoms with Gasteiger partial charge in [0.05, 0.1) is 15.6 Å². The third-order valence-corrected chi connectivity index (χ3v) is 5.61. The van der Waals surface area contributed by atoms with Crippen LogP contribution in [0.25, 0.3) is 0 Å². The number of halogens is 2. The number of hydrogen-bond acceptors (Lipinski definition) is 2. The number of aryl methyl sites for hydroxylation is 1. The van der Waals surface area contributed by atoms with Crippen molar-refractivity contribution in [1.29, 1.82) is 0 Å². The second-order valence-corrected chi connectivity index (χ2v) is 6.76. The van der Waals surface area contributed by atoms with E-state index in [9.17, 15) is 4.79 Å². The highest BCUT2D eigenvalue weighted by molar-refractivity contribution is 6.44. The average Bonchev–Trinajstić information content (AvgIpc) is 2.93. The van der Waals surface area contributed by atoms with E-state index < -0.39 is 0 Å². The molecule has 5 heteroatoms. The third-order valence-electron chi connectivity index (χ3n) is 4.64. The molecular weight excluding hydrogens is 307 g/mol. The largest absolute Gasteiger partial charge is 0.331 e. The van der Waals surface area contributed by atoms with Crippen LogP contribution in [0.4, 0.5) is 0 Å². The van der Waals surface area contributed by atoms with E-state index in [0.717, 1.165) is 37.9 Å². The molecule has 1 aromatic rings. The Bertz CT molecular complexity index is 551. The molecule has 21 heavy (non-hydrogen) atoms. The quantitative estimate of drug-likeness (QED) is 0.919. The molecule has 2 aliphatic rings. The normalized spacial score (nSPS) is 22.1. The number of hydrogen-bond donors (Lipinski definition) is 1. The summed E-state index contributed by atoms with van der Waals surface area (Å²) in [6.45, 7) is 3.75. The Labute approximate surface area is 135 Å². The summed E-state index contributed by atoms with van der Waals surface area (Å²) in [6.07, 6.45) is 4.41. The first-order valence-electron chi connectivity index (χ1n) is 7.57. The molecule has 3 nitrogen and oxygen atoms in total. The van der Waals surface area contributed by atoms with Crippen LogP contribution in [-0.4, -0.2) is 36.0 Å². The fourth-order valence-electron chi connectivity index (χ4n) is 3.12. The van der Waals surface area contributed by atoms with E-state index in [1.807, 2.05) is 13.0 Å². The second-order valence-electron chi connectivity index (χ2n) is 6.00. The van der Waals surface area contributed by atoms with Crippen molar-refractivity contribution in [3.05, 3.63) is 33.3 Å². The molecule has 0 radical (unpaired) electrons. The summed E-state index contributed by atoms with van der Waals surface area (Å²) in [6, 6.07) is 4.31. The molecule has 0 aromatic heterocycles. The van der Waals surface area contributed by atoms with E-state index in [4.69, 9.17) is 23.2 Å². The Morgan fingerprint density at radius 2 is 1.95 bits per heavy atom. The zero-order valence-corrected chi connectivity index (χ0v) is 13.7. The van der Waals surface area contributed by atoms with Gasteiger partial charge in [-0.15, -0.1) is 0 Å². The summed E-state index contributed by atoms with van der Waals surface area (Å²) in [5, 5.41) is 4.22. The van der Waals surface area contributed by atoms with Crippen LogP contribution < -0.4 is 5.32 Å². The highest BCUT2D eigenvalue weighted by atomic mass is 35.5. The lowest BCUT2D eigenvalue weighted by atomic mass is 9.89. The van der Waals surface area contributed by atoms with Crippen molar-refractivity contribution in [3.63, 3.8) is 0 Å². The van der Waals surface area contributed by atoms with E-state index in [1.165, 1.54) is 6.42 Å². The molecule has 0 bridgehead atoms. The van der Waals surface area contributed by atoms with Gasteiger partial charge in [0.25, 0.3) is 5.91 Å². The highest BCUT2D eigenvalue weighted by Gasteiger charge is 2.36. The monoisotopic (exact) mass is 326 g/mol. The minimum Gasteiger partial charge on any atom is -0.331 e. The number of carbonyl (C=O) groups is 1. The first kappa shape index (κ1) is 15.1. The van der Waals surface area contributed by atoms with Crippen LogP contribution in [0, 0.1) is 6.92 Å². The van der Waals surface area contributed by atoms with Crippen LogP contribution in [0.15, 0.2) is 12.1 Å². The van der Waals surface area contributed by atoms with Gasteiger partial charge in [-0.1, -0.05) is 29.3 Å². The van der Waals surface area contributed by atoms with Crippen LogP contribution in [0.2, 0.25) is 10.0 Å². The van der Waals surface area contributed by atoms with Gasteiger partial charge in [-0.2, -0.15) is 0 Å². The number of nitrogens with zero attached hydrogens (tertiary/aromatic N) is 1. The Morgan fingerprint density at radius 1 is 1.19 bits per heavy atom. The molecule has 1 saturated carbocycles. The number of amides is 1. The molecule has 1 aliphatic carbocycles. The van der Waals surface area contributed by atoms with Crippen molar-refractivity contribution >= 4 is 29.1 Å². The van der Waals surface area contributed by atoms with Gasteiger partial charge in [-0.3, -0.25) is 4.79 Å². The van der Waals surface area contributed by atoms with E-state index in [2.05, 4.69) is 10.2 Å². The zero-order valence-electron chi connectivity index (χ0n) is 12.2. The smallest absolute Gasteiger partial charge is 0.255 e. The molecule has 1 heterocycles. The first-order valence-corrected chi connectivity index (χ1v) is 8.33. The van der Waals surface area contributed by atoms with Crippen LogP contribution in [0.5, 0.6) is 0 Å². The zero-order chi connectivity index (χ0) is 15.0. The van der Waals surface area contributed by atoms with E-state index in [-0.39, 0.29) is 11.9 Å². The van der Waals surface area contributed by atoms with Crippen molar-refractivity contribution in [2.75, 3.05) is 13.1 Å². The van der Waals surface area contributed by atoms with Crippen LogP contribution in [-0.2, 0) is 0 Å². The fourth-order valence-corrected chi connectivity index (χ4v) is 3.58. The van der Waals surface area contributed by atoms with Crippen molar-refractivity contribution in [2.45, 2.75) is 44.7 Å². The Morgan fingerprint density at radius 3 is 2.52 bits per heavy atom. The summed E-state index contributed by atoms with van der Waals surface area (Å²) in [5.74, 6) is 0.0281. The highest BCUT2D eigenvalue weighted by Crippen LogP contribution is 2.34.